The summed E-state index contributed by atoms with van der Waals surface area (Å²) in [7, 11) is 0. The maximum atomic E-state index is 12.4. The van der Waals surface area contributed by atoms with Gasteiger partial charge < -0.3 is 0 Å². The van der Waals surface area contributed by atoms with Crippen LogP contribution in [0.2, 0.25) is 0 Å². The molecule has 0 amide bonds. The molecule has 0 aliphatic heterocycles. The van der Waals surface area contributed by atoms with Crippen molar-refractivity contribution in [2.24, 2.45) is 0 Å². The maximum Gasteiger partial charge on any atom is 0.256 e. The van der Waals surface area contributed by atoms with Gasteiger partial charge in [-0.05, 0) is 25.0 Å². The summed E-state index contributed by atoms with van der Waals surface area (Å²) in [5, 5.41) is 0. The zero-order valence-electron chi connectivity index (χ0n) is 13.0. The van der Waals surface area contributed by atoms with Crippen molar-refractivity contribution in [2.45, 2.75) is 38.6 Å². The fourth-order valence-electron chi connectivity index (χ4n) is 3.38. The Balaban J connectivity index is 2.22. The average Bonchev–Trinajstić information content (AvgIpc) is 3.07. The summed E-state index contributed by atoms with van der Waals surface area (Å²) in [6.07, 6.45) is 4.79. The predicted molar refractivity (Wildman–Crippen MR) is 89.9 cm³/mol. The van der Waals surface area contributed by atoms with Crippen molar-refractivity contribution in [3.05, 3.63) is 66.2 Å². The molecule has 22 heavy (non-hydrogen) atoms. The van der Waals surface area contributed by atoms with Crippen molar-refractivity contribution < 1.29 is 9.37 Å². The molecular weight excluding hydrogens is 270 g/mol. The van der Waals surface area contributed by atoms with Gasteiger partial charge in [0.25, 0.3) is 5.71 Å². The lowest BCUT2D eigenvalue weighted by atomic mass is 10.0. The van der Waals surface area contributed by atoms with E-state index in [1.807, 2.05) is 48.5 Å². The molecule has 0 radical (unpaired) electrons. The first kappa shape index (κ1) is 14.7. The SMILES string of the molecule is CC(=O)C(c1ccccc1)=[N+](c1ccccc1)C1CCCC1. The minimum atomic E-state index is 0.127. The van der Waals surface area contributed by atoms with E-state index in [1.165, 1.54) is 12.8 Å². The van der Waals surface area contributed by atoms with Crippen LogP contribution in [-0.4, -0.2) is 22.1 Å². The molecular formula is C20H22NO+. The molecule has 0 aromatic heterocycles. The molecule has 2 aromatic rings. The summed E-state index contributed by atoms with van der Waals surface area (Å²) < 4.78 is 2.27. The second-order valence-electron chi connectivity index (χ2n) is 5.91. The molecule has 2 aromatic carbocycles. The van der Waals surface area contributed by atoms with Gasteiger partial charge in [-0.1, -0.05) is 36.4 Å². The summed E-state index contributed by atoms with van der Waals surface area (Å²) in [6, 6.07) is 20.8. The van der Waals surface area contributed by atoms with Gasteiger partial charge in [0.1, 0.15) is 0 Å². The third-order valence-corrected chi connectivity index (χ3v) is 4.35. The van der Waals surface area contributed by atoms with E-state index in [2.05, 4.69) is 16.7 Å². The van der Waals surface area contributed by atoms with Crippen molar-refractivity contribution in [1.29, 1.82) is 0 Å². The number of Topliss-reactive ketones (excluding diaryl/α,β-unsaturated/α-hetero) is 1. The van der Waals surface area contributed by atoms with Gasteiger partial charge in [-0.25, -0.2) is 0 Å². The van der Waals surface area contributed by atoms with E-state index in [0.29, 0.717) is 6.04 Å². The van der Waals surface area contributed by atoms with Crippen LogP contribution in [0.3, 0.4) is 0 Å². The molecule has 1 aliphatic carbocycles. The Labute approximate surface area is 132 Å². The van der Waals surface area contributed by atoms with E-state index in [-0.39, 0.29) is 5.78 Å². The fourth-order valence-corrected chi connectivity index (χ4v) is 3.38. The van der Waals surface area contributed by atoms with Gasteiger partial charge in [0.05, 0.1) is 0 Å². The van der Waals surface area contributed by atoms with Crippen molar-refractivity contribution in [2.75, 3.05) is 0 Å². The molecule has 0 atom stereocenters. The highest BCUT2D eigenvalue weighted by Crippen LogP contribution is 2.27. The van der Waals surface area contributed by atoms with Crippen molar-refractivity contribution in [3.63, 3.8) is 0 Å². The summed E-state index contributed by atoms with van der Waals surface area (Å²) in [6.45, 7) is 1.67. The number of ketones is 1. The number of hydrogen-bond acceptors (Lipinski definition) is 1. The van der Waals surface area contributed by atoms with Crippen molar-refractivity contribution in [3.8, 4) is 0 Å². The van der Waals surface area contributed by atoms with Crippen LogP contribution in [0.25, 0.3) is 0 Å². The van der Waals surface area contributed by atoms with E-state index < -0.39 is 0 Å². The standard InChI is InChI=1S/C20H22NO/c1-16(22)20(17-10-4-2-5-11-17)21(19-14-8-9-15-19)18-12-6-3-7-13-18/h2-7,10-13,19H,8-9,14-15H2,1H3/q+1. The van der Waals surface area contributed by atoms with E-state index in [4.69, 9.17) is 0 Å². The lowest BCUT2D eigenvalue weighted by Crippen LogP contribution is -2.31. The van der Waals surface area contributed by atoms with E-state index >= 15 is 0 Å². The Morgan fingerprint density at radius 3 is 2.00 bits per heavy atom. The monoisotopic (exact) mass is 292 g/mol. The largest absolute Gasteiger partial charge is 0.288 e. The molecule has 1 fully saturated rings. The normalized spacial score (nSPS) is 16.4. The number of benzene rings is 2. The average molecular weight is 292 g/mol. The molecule has 2 heteroatoms. The molecule has 3 rings (SSSR count). The topological polar surface area (TPSA) is 20.1 Å². The zero-order valence-corrected chi connectivity index (χ0v) is 13.0. The van der Waals surface area contributed by atoms with Crippen LogP contribution in [0.1, 0.15) is 38.2 Å². The predicted octanol–water partition coefficient (Wildman–Crippen LogP) is 4.35. The van der Waals surface area contributed by atoms with Crippen LogP contribution in [0.15, 0.2) is 60.7 Å². The van der Waals surface area contributed by atoms with E-state index in [1.54, 1.807) is 6.92 Å². The van der Waals surface area contributed by atoms with Gasteiger partial charge in [-0.15, -0.1) is 0 Å². The number of para-hydroxylation sites is 1. The number of rotatable bonds is 4. The minimum Gasteiger partial charge on any atom is -0.288 e. The first-order valence-corrected chi connectivity index (χ1v) is 8.05. The van der Waals surface area contributed by atoms with Crippen molar-refractivity contribution >= 4 is 17.2 Å². The first-order chi connectivity index (χ1) is 10.8. The minimum absolute atomic E-state index is 0.127. The molecule has 0 spiro atoms. The van der Waals surface area contributed by atoms with Crippen LogP contribution >= 0.6 is 0 Å². The number of hydrogen-bond donors (Lipinski definition) is 0. The third kappa shape index (κ3) is 3.01. The molecule has 0 saturated heterocycles. The second kappa shape index (κ2) is 6.69. The quantitative estimate of drug-likeness (QED) is 0.606. The second-order valence-corrected chi connectivity index (χ2v) is 5.91. The number of carbonyl (C=O) groups is 1. The highest BCUT2D eigenvalue weighted by molar-refractivity contribution is 6.43. The summed E-state index contributed by atoms with van der Waals surface area (Å²) in [4.78, 5) is 12.4. The maximum absolute atomic E-state index is 12.4. The Morgan fingerprint density at radius 2 is 1.45 bits per heavy atom. The third-order valence-electron chi connectivity index (χ3n) is 4.35. The number of nitrogens with zero attached hydrogens (tertiary/aromatic N) is 1. The van der Waals surface area contributed by atoms with Gasteiger partial charge in [-0.3, -0.25) is 4.79 Å². The molecule has 0 heterocycles. The molecule has 2 nitrogen and oxygen atoms in total. The highest BCUT2D eigenvalue weighted by Gasteiger charge is 2.33. The van der Waals surface area contributed by atoms with Crippen LogP contribution in [0.4, 0.5) is 5.69 Å². The zero-order chi connectivity index (χ0) is 15.4. The Hall–Kier alpha value is -2.22. The number of carbonyl (C=O) groups excluding carboxylic acids is 1. The van der Waals surface area contributed by atoms with Gasteiger partial charge in [-0.2, -0.15) is 4.58 Å². The smallest absolute Gasteiger partial charge is 0.256 e. The van der Waals surface area contributed by atoms with Crippen molar-refractivity contribution in [1.82, 2.24) is 0 Å². The summed E-state index contributed by atoms with van der Waals surface area (Å²) in [5.41, 5.74) is 2.94. The fraction of sp³-hybridized carbons (Fsp3) is 0.300. The molecule has 0 N–H and O–H groups in total. The van der Waals surface area contributed by atoms with Gasteiger partial charge >= 0.3 is 0 Å². The van der Waals surface area contributed by atoms with E-state index in [9.17, 15) is 4.79 Å². The van der Waals surface area contributed by atoms with Gasteiger partial charge in [0, 0.05) is 37.5 Å². The lowest BCUT2D eigenvalue weighted by molar-refractivity contribution is -0.482. The van der Waals surface area contributed by atoms with Gasteiger partial charge in [0.2, 0.25) is 11.5 Å². The Kier molecular flexibility index (Phi) is 4.47. The molecule has 1 saturated carbocycles. The lowest BCUT2D eigenvalue weighted by Gasteiger charge is -2.14. The molecule has 0 unspecified atom stereocenters. The highest BCUT2D eigenvalue weighted by atomic mass is 16.1. The first-order valence-electron chi connectivity index (χ1n) is 8.05. The van der Waals surface area contributed by atoms with Crippen LogP contribution in [0, 0.1) is 0 Å². The van der Waals surface area contributed by atoms with Crippen LogP contribution < -0.4 is 0 Å². The molecule has 1 aliphatic rings. The summed E-state index contributed by atoms with van der Waals surface area (Å²) in [5.74, 6) is 0.127. The van der Waals surface area contributed by atoms with E-state index in [0.717, 1.165) is 29.8 Å². The van der Waals surface area contributed by atoms with Crippen LogP contribution in [0.5, 0.6) is 0 Å². The molecule has 112 valence electrons. The summed E-state index contributed by atoms with van der Waals surface area (Å²) >= 11 is 0. The molecule has 0 bridgehead atoms. The van der Waals surface area contributed by atoms with Crippen LogP contribution in [-0.2, 0) is 4.79 Å². The Morgan fingerprint density at radius 1 is 0.909 bits per heavy atom. The van der Waals surface area contributed by atoms with Gasteiger partial charge in [0.15, 0.2) is 6.04 Å². The Bertz CT molecular complexity index is 667.